The van der Waals surface area contributed by atoms with Crippen molar-refractivity contribution in [1.82, 2.24) is 0 Å². The van der Waals surface area contributed by atoms with Crippen molar-refractivity contribution in [2.45, 2.75) is 6.42 Å². The van der Waals surface area contributed by atoms with Crippen LogP contribution in [0.5, 0.6) is 0 Å². The van der Waals surface area contributed by atoms with E-state index in [1.54, 1.807) is 18.2 Å². The molecule has 0 fully saturated rings. The minimum Gasteiger partial charge on any atom is -0.469 e. The minimum atomic E-state index is -0.542. The van der Waals surface area contributed by atoms with Gasteiger partial charge >= 0.3 is 5.97 Å². The topological polar surface area (TPSA) is 46.6 Å². The van der Waals surface area contributed by atoms with Crippen molar-refractivity contribution in [2.24, 2.45) is 0 Å². The Hall–Kier alpha value is -2.10. The van der Waals surface area contributed by atoms with Gasteiger partial charge in [0.25, 0.3) is 0 Å². The second-order valence-electron chi connectivity index (χ2n) is 3.38. The summed E-state index contributed by atoms with van der Waals surface area (Å²) in [4.78, 5) is 24.4. The Morgan fingerprint density at radius 3 is 2.53 bits per heavy atom. The van der Waals surface area contributed by atoms with E-state index in [-0.39, 0.29) is 12.3 Å². The average molecular weight is 233 g/mol. The number of carbonyl (C=O) groups is 2. The second kappa shape index (κ2) is 6.48. The lowest BCUT2D eigenvalue weighted by Gasteiger charge is -2.20. The first-order valence-corrected chi connectivity index (χ1v) is 5.22. The Kier molecular flexibility index (Phi) is 4.94. The summed E-state index contributed by atoms with van der Waals surface area (Å²) in [6.45, 7) is 3.96. The number of benzene rings is 1. The van der Waals surface area contributed by atoms with Crippen molar-refractivity contribution in [2.75, 3.05) is 18.6 Å². The Morgan fingerprint density at radius 1 is 1.35 bits per heavy atom. The summed E-state index contributed by atoms with van der Waals surface area (Å²) >= 11 is 0. The van der Waals surface area contributed by atoms with Gasteiger partial charge in [-0.25, -0.2) is 0 Å². The lowest BCUT2D eigenvalue weighted by molar-refractivity contribution is -0.143. The van der Waals surface area contributed by atoms with Gasteiger partial charge < -0.3 is 9.64 Å². The molecule has 4 heteroatoms. The molecule has 0 atom stereocenters. The molecule has 0 aliphatic rings. The number of hydrogen-bond acceptors (Lipinski definition) is 3. The van der Waals surface area contributed by atoms with Crippen molar-refractivity contribution >= 4 is 17.6 Å². The summed E-state index contributed by atoms with van der Waals surface area (Å²) in [5.41, 5.74) is 0.737. The van der Waals surface area contributed by atoms with E-state index in [1.807, 2.05) is 18.2 Å². The average Bonchev–Trinajstić information content (AvgIpc) is 2.36. The lowest BCUT2D eigenvalue weighted by atomic mass is 10.2. The van der Waals surface area contributed by atoms with E-state index >= 15 is 0 Å². The van der Waals surface area contributed by atoms with Crippen LogP contribution in [0.2, 0.25) is 0 Å². The molecule has 1 aromatic rings. The zero-order valence-corrected chi connectivity index (χ0v) is 9.76. The van der Waals surface area contributed by atoms with Gasteiger partial charge in [-0.2, -0.15) is 0 Å². The molecule has 0 N–H and O–H groups in total. The van der Waals surface area contributed by atoms with E-state index in [9.17, 15) is 9.59 Å². The minimum absolute atomic E-state index is 0.265. The first kappa shape index (κ1) is 13.0. The Bertz CT molecular complexity index is 400. The number of anilines is 1. The summed E-state index contributed by atoms with van der Waals surface area (Å²) < 4.78 is 4.47. The van der Waals surface area contributed by atoms with Crippen molar-refractivity contribution < 1.29 is 14.3 Å². The Labute approximate surface area is 100 Å². The molecular weight excluding hydrogens is 218 g/mol. The zero-order chi connectivity index (χ0) is 12.7. The number of amides is 1. The van der Waals surface area contributed by atoms with E-state index < -0.39 is 5.97 Å². The highest BCUT2D eigenvalue weighted by Crippen LogP contribution is 2.14. The third-order valence-corrected chi connectivity index (χ3v) is 2.20. The Balaban J connectivity index is 2.82. The molecule has 4 nitrogen and oxygen atoms in total. The number of carbonyl (C=O) groups excluding carboxylic acids is 2. The van der Waals surface area contributed by atoms with Crippen molar-refractivity contribution in [3.05, 3.63) is 43.0 Å². The maximum absolute atomic E-state index is 11.9. The summed E-state index contributed by atoms with van der Waals surface area (Å²) in [5, 5.41) is 0. The molecule has 17 heavy (non-hydrogen) atoms. The standard InChI is InChI=1S/C13H15NO3/c1-3-9-14(11-7-5-4-6-8-11)12(15)10-13(16)17-2/h3-8H,1,9-10H2,2H3. The molecular formula is C13H15NO3. The molecule has 0 bridgehead atoms. The number of methoxy groups -OCH3 is 1. The van der Waals surface area contributed by atoms with Crippen LogP contribution in [0, 0.1) is 0 Å². The van der Waals surface area contributed by atoms with Gasteiger partial charge in [0.15, 0.2) is 0 Å². The van der Waals surface area contributed by atoms with E-state index in [2.05, 4.69) is 11.3 Å². The molecule has 0 heterocycles. The van der Waals surface area contributed by atoms with Crippen molar-refractivity contribution in [3.63, 3.8) is 0 Å². The second-order valence-corrected chi connectivity index (χ2v) is 3.38. The maximum Gasteiger partial charge on any atom is 0.315 e. The largest absolute Gasteiger partial charge is 0.469 e. The number of hydrogen-bond donors (Lipinski definition) is 0. The monoisotopic (exact) mass is 233 g/mol. The quantitative estimate of drug-likeness (QED) is 0.442. The van der Waals surface area contributed by atoms with Crippen LogP contribution in [-0.4, -0.2) is 25.5 Å². The summed E-state index contributed by atoms with van der Waals surface area (Å²) in [5.74, 6) is -0.844. The van der Waals surface area contributed by atoms with E-state index in [1.165, 1.54) is 12.0 Å². The van der Waals surface area contributed by atoms with Crippen LogP contribution in [0.1, 0.15) is 6.42 Å². The number of rotatable bonds is 5. The van der Waals surface area contributed by atoms with E-state index in [0.29, 0.717) is 6.54 Å². The van der Waals surface area contributed by atoms with E-state index in [4.69, 9.17) is 0 Å². The van der Waals surface area contributed by atoms with Crippen LogP contribution in [0.25, 0.3) is 0 Å². The van der Waals surface area contributed by atoms with Gasteiger partial charge in [-0.05, 0) is 12.1 Å². The van der Waals surface area contributed by atoms with Gasteiger partial charge in [-0.1, -0.05) is 24.3 Å². The predicted octanol–water partition coefficient (Wildman–Crippen LogP) is 1.77. The fourth-order valence-electron chi connectivity index (χ4n) is 1.38. The number of para-hydroxylation sites is 1. The molecule has 0 saturated heterocycles. The van der Waals surface area contributed by atoms with Gasteiger partial charge in [0.05, 0.1) is 7.11 Å². The fraction of sp³-hybridized carbons (Fsp3) is 0.231. The number of nitrogens with zero attached hydrogens (tertiary/aromatic N) is 1. The van der Waals surface area contributed by atoms with Crippen molar-refractivity contribution in [1.29, 1.82) is 0 Å². The van der Waals surface area contributed by atoms with Crippen LogP contribution in [0.4, 0.5) is 5.69 Å². The molecule has 0 saturated carbocycles. The zero-order valence-electron chi connectivity index (χ0n) is 9.76. The summed E-state index contributed by atoms with van der Waals surface area (Å²) in [6, 6.07) is 9.13. The normalized spacial score (nSPS) is 9.47. The fourth-order valence-corrected chi connectivity index (χ4v) is 1.38. The predicted molar refractivity (Wildman–Crippen MR) is 65.6 cm³/mol. The van der Waals surface area contributed by atoms with Gasteiger partial charge in [-0.15, -0.1) is 6.58 Å². The molecule has 0 aromatic heterocycles. The van der Waals surface area contributed by atoms with Crippen LogP contribution < -0.4 is 4.90 Å². The SMILES string of the molecule is C=CCN(C(=O)CC(=O)OC)c1ccccc1. The molecule has 0 aliphatic carbocycles. The molecule has 0 spiro atoms. The molecule has 0 unspecified atom stereocenters. The third kappa shape index (κ3) is 3.75. The van der Waals surface area contributed by atoms with Crippen LogP contribution >= 0.6 is 0 Å². The summed E-state index contributed by atoms with van der Waals surface area (Å²) in [6.07, 6.45) is 1.35. The van der Waals surface area contributed by atoms with Gasteiger partial charge in [-0.3, -0.25) is 9.59 Å². The van der Waals surface area contributed by atoms with Gasteiger partial charge in [0, 0.05) is 12.2 Å². The molecule has 1 aromatic carbocycles. The lowest BCUT2D eigenvalue weighted by Crippen LogP contribution is -2.32. The van der Waals surface area contributed by atoms with Crippen LogP contribution in [0.3, 0.4) is 0 Å². The summed E-state index contributed by atoms with van der Waals surface area (Å²) in [7, 11) is 1.26. The molecule has 1 amide bonds. The molecule has 0 radical (unpaired) electrons. The van der Waals surface area contributed by atoms with Crippen molar-refractivity contribution in [3.8, 4) is 0 Å². The third-order valence-electron chi connectivity index (χ3n) is 2.20. The first-order valence-electron chi connectivity index (χ1n) is 5.22. The number of esters is 1. The number of ether oxygens (including phenoxy) is 1. The van der Waals surface area contributed by atoms with E-state index in [0.717, 1.165) is 5.69 Å². The van der Waals surface area contributed by atoms with Gasteiger partial charge in [0.2, 0.25) is 5.91 Å². The van der Waals surface area contributed by atoms with Crippen LogP contribution in [0.15, 0.2) is 43.0 Å². The van der Waals surface area contributed by atoms with Crippen LogP contribution in [-0.2, 0) is 14.3 Å². The maximum atomic E-state index is 11.9. The Morgan fingerprint density at radius 2 is 2.00 bits per heavy atom. The highest BCUT2D eigenvalue weighted by atomic mass is 16.5. The molecule has 1 rings (SSSR count). The van der Waals surface area contributed by atoms with Gasteiger partial charge in [0.1, 0.15) is 6.42 Å². The smallest absolute Gasteiger partial charge is 0.315 e. The highest BCUT2D eigenvalue weighted by molar-refractivity contribution is 6.03. The first-order chi connectivity index (χ1) is 8.19. The highest BCUT2D eigenvalue weighted by Gasteiger charge is 2.17. The molecule has 90 valence electrons. The molecule has 0 aliphatic heterocycles.